The van der Waals surface area contributed by atoms with Crippen LogP contribution in [0.5, 0.6) is 5.75 Å². The van der Waals surface area contributed by atoms with Gasteiger partial charge in [-0.1, -0.05) is 23.3 Å². The van der Waals surface area contributed by atoms with E-state index in [1.165, 1.54) is 18.2 Å². The van der Waals surface area contributed by atoms with Gasteiger partial charge in [0.25, 0.3) is 0 Å². The molecule has 4 aliphatic rings. The van der Waals surface area contributed by atoms with Crippen LogP contribution in [0.4, 0.5) is 0 Å². The highest BCUT2D eigenvalue weighted by molar-refractivity contribution is 6.30. The molecule has 4 unspecified atom stereocenters. The number of benzene rings is 1. The summed E-state index contributed by atoms with van der Waals surface area (Å²) in [4.78, 5) is 65.1. The number of carbonyl (C=O) groups excluding carboxylic acids is 4. The summed E-state index contributed by atoms with van der Waals surface area (Å²) >= 11 is 6.24. The third kappa shape index (κ3) is 3.71. The summed E-state index contributed by atoms with van der Waals surface area (Å²) < 4.78 is 0. The van der Waals surface area contributed by atoms with E-state index in [-0.39, 0.29) is 66.9 Å². The molecule has 4 atom stereocenters. The fourth-order valence-electron chi connectivity index (χ4n) is 6.17. The largest absolute Gasteiger partial charge is 0.508 e. The molecule has 9 heteroatoms. The summed E-state index contributed by atoms with van der Waals surface area (Å²) in [7, 11) is 0. The minimum Gasteiger partial charge on any atom is -0.508 e. The fraction of sp³-hybridized carbons (Fsp3) is 0.370. The minimum atomic E-state index is -1.00. The molecule has 0 spiro atoms. The van der Waals surface area contributed by atoms with Gasteiger partial charge in [0.15, 0.2) is 11.6 Å². The molecule has 5 rings (SSSR count). The van der Waals surface area contributed by atoms with E-state index in [1.54, 1.807) is 13.0 Å². The topological polar surface area (TPSA) is 129 Å². The number of imide groups is 1. The quantitative estimate of drug-likeness (QED) is 0.354. The van der Waals surface area contributed by atoms with Crippen LogP contribution >= 0.6 is 11.6 Å². The fourth-order valence-corrected chi connectivity index (χ4v) is 6.35. The number of phenols is 1. The van der Waals surface area contributed by atoms with Crippen LogP contribution in [0.1, 0.15) is 44.1 Å². The van der Waals surface area contributed by atoms with Gasteiger partial charge in [0.05, 0.1) is 11.8 Å². The maximum absolute atomic E-state index is 13.5. The number of nitrogens with zero attached hydrogens (tertiary/aromatic N) is 1. The molecule has 0 aromatic heterocycles. The summed E-state index contributed by atoms with van der Waals surface area (Å²) in [5.41, 5.74) is 1.97. The Morgan fingerprint density at radius 3 is 2.61 bits per heavy atom. The number of aromatic hydroxyl groups is 1. The maximum Gasteiger partial charge on any atom is 0.303 e. The van der Waals surface area contributed by atoms with Crippen molar-refractivity contribution < 1.29 is 34.2 Å². The summed E-state index contributed by atoms with van der Waals surface area (Å²) in [5, 5.41) is 20.0. The summed E-state index contributed by atoms with van der Waals surface area (Å²) in [5.74, 6) is -5.05. The van der Waals surface area contributed by atoms with E-state index in [2.05, 4.69) is 0 Å². The van der Waals surface area contributed by atoms with E-state index in [9.17, 15) is 29.1 Å². The summed E-state index contributed by atoms with van der Waals surface area (Å²) in [6, 6.07) is 4.51. The number of carbonyl (C=O) groups is 5. The summed E-state index contributed by atoms with van der Waals surface area (Å²) in [6.07, 6.45) is 3.56. The Labute approximate surface area is 211 Å². The molecule has 1 aromatic carbocycles. The first-order chi connectivity index (χ1) is 17.1. The number of aliphatic carboxylic acids is 1. The number of Topliss-reactive ketones (excluding diaryl/α,β-unsaturated/α-hetero) is 1. The highest BCUT2D eigenvalue weighted by atomic mass is 35.5. The van der Waals surface area contributed by atoms with E-state index in [4.69, 9.17) is 16.7 Å². The van der Waals surface area contributed by atoms with E-state index in [0.717, 1.165) is 10.5 Å². The first-order valence-corrected chi connectivity index (χ1v) is 12.2. The number of carboxylic acids is 1. The van der Waals surface area contributed by atoms with Gasteiger partial charge < -0.3 is 10.2 Å². The zero-order valence-electron chi connectivity index (χ0n) is 19.5. The summed E-state index contributed by atoms with van der Waals surface area (Å²) in [6.45, 7) is 1.59. The molecule has 1 saturated heterocycles. The van der Waals surface area contributed by atoms with Crippen molar-refractivity contribution in [2.75, 3.05) is 6.54 Å². The van der Waals surface area contributed by atoms with Crippen molar-refractivity contribution in [3.05, 3.63) is 63.2 Å². The van der Waals surface area contributed by atoms with Crippen LogP contribution in [0.3, 0.4) is 0 Å². The van der Waals surface area contributed by atoms with Crippen molar-refractivity contribution in [3.63, 3.8) is 0 Å². The highest BCUT2D eigenvalue weighted by Crippen LogP contribution is 2.56. The van der Waals surface area contributed by atoms with Crippen LogP contribution < -0.4 is 0 Å². The van der Waals surface area contributed by atoms with Crippen molar-refractivity contribution in [3.8, 4) is 5.75 Å². The first-order valence-electron chi connectivity index (χ1n) is 11.9. The zero-order valence-corrected chi connectivity index (χ0v) is 20.2. The lowest BCUT2D eigenvalue weighted by molar-refractivity contribution is -0.142. The van der Waals surface area contributed by atoms with Gasteiger partial charge in [0.2, 0.25) is 11.8 Å². The number of amides is 2. The maximum atomic E-state index is 13.5. The Morgan fingerprint density at radius 1 is 1.14 bits per heavy atom. The molecule has 3 aliphatic carbocycles. The SMILES string of the molecule is CC1=CC(=O)C2=C(CC3C(=CCC4C(=O)N(CCCC(=O)O)C(=O)C43)C2c2cc(Cl)ccc2O)C1=O. The molecule has 1 aliphatic heterocycles. The van der Waals surface area contributed by atoms with Crippen molar-refractivity contribution in [1.82, 2.24) is 4.90 Å². The Bertz CT molecular complexity index is 1340. The van der Waals surface area contributed by atoms with Gasteiger partial charge in [0.1, 0.15) is 5.75 Å². The van der Waals surface area contributed by atoms with Gasteiger partial charge in [-0.25, -0.2) is 0 Å². The van der Waals surface area contributed by atoms with Crippen LogP contribution in [0.25, 0.3) is 0 Å². The molecule has 0 radical (unpaired) electrons. The third-order valence-electron chi connectivity index (χ3n) is 7.73. The standard InChI is InChI=1S/C27H24ClNO7/c1-12-9-20(31)24-18(25(12)34)11-16-14(22(24)17-10-13(28)4-7-19(17)30)5-6-15-23(16)27(36)29(26(15)35)8-2-3-21(32)33/h4-5,7,9-10,15-16,22-23,30H,2-3,6,8,11H2,1H3,(H,32,33). The molecule has 8 nitrogen and oxygen atoms in total. The van der Waals surface area contributed by atoms with Crippen LogP contribution in [0, 0.1) is 17.8 Å². The number of fused-ring (bicyclic) bond motifs is 3. The monoisotopic (exact) mass is 509 g/mol. The van der Waals surface area contributed by atoms with E-state index in [0.29, 0.717) is 21.7 Å². The van der Waals surface area contributed by atoms with Crippen LogP contribution in [0.2, 0.25) is 5.02 Å². The number of likely N-dealkylation sites (tertiary alicyclic amines) is 1. The normalized spacial score (nSPS) is 27.4. The number of rotatable bonds is 5. The minimum absolute atomic E-state index is 0.0186. The van der Waals surface area contributed by atoms with Crippen molar-refractivity contribution in [2.45, 2.75) is 38.5 Å². The van der Waals surface area contributed by atoms with Gasteiger partial charge >= 0.3 is 5.97 Å². The number of hydrogen-bond donors (Lipinski definition) is 2. The highest BCUT2D eigenvalue weighted by Gasteiger charge is 2.56. The number of halogens is 1. The Morgan fingerprint density at radius 2 is 1.89 bits per heavy atom. The van der Waals surface area contributed by atoms with Crippen molar-refractivity contribution >= 4 is 41.0 Å². The number of ketones is 2. The first kappa shape index (κ1) is 24.2. The Kier molecular flexibility index (Phi) is 5.95. The molecule has 0 saturated carbocycles. The molecular formula is C27H24ClNO7. The van der Waals surface area contributed by atoms with Crippen molar-refractivity contribution in [2.24, 2.45) is 17.8 Å². The van der Waals surface area contributed by atoms with E-state index < -0.39 is 29.6 Å². The molecule has 0 bridgehead atoms. The lowest BCUT2D eigenvalue weighted by Gasteiger charge is -2.42. The lowest BCUT2D eigenvalue weighted by atomic mass is 9.59. The number of hydrogen-bond acceptors (Lipinski definition) is 6. The Hall–Kier alpha value is -3.52. The molecule has 36 heavy (non-hydrogen) atoms. The predicted octanol–water partition coefficient (Wildman–Crippen LogP) is 3.34. The van der Waals surface area contributed by atoms with Gasteiger partial charge in [0, 0.05) is 46.2 Å². The Balaban J connectivity index is 1.60. The smallest absolute Gasteiger partial charge is 0.303 e. The van der Waals surface area contributed by atoms with Gasteiger partial charge in [-0.05, 0) is 56.4 Å². The van der Waals surface area contributed by atoms with Crippen molar-refractivity contribution in [1.29, 1.82) is 0 Å². The van der Waals surface area contributed by atoms with Gasteiger partial charge in [-0.3, -0.25) is 28.9 Å². The molecular weight excluding hydrogens is 486 g/mol. The molecule has 1 aromatic rings. The molecule has 1 heterocycles. The lowest BCUT2D eigenvalue weighted by Crippen LogP contribution is -2.40. The second-order valence-corrected chi connectivity index (χ2v) is 10.2. The van der Waals surface area contributed by atoms with Gasteiger partial charge in [-0.2, -0.15) is 0 Å². The molecule has 186 valence electrons. The van der Waals surface area contributed by atoms with Crippen LogP contribution in [-0.4, -0.2) is 51.0 Å². The predicted molar refractivity (Wildman–Crippen MR) is 128 cm³/mol. The molecule has 2 N–H and O–H groups in total. The van der Waals surface area contributed by atoms with E-state index in [1.807, 2.05) is 6.08 Å². The average Bonchev–Trinajstić information content (AvgIpc) is 3.07. The molecule has 1 fully saturated rings. The third-order valence-corrected chi connectivity index (χ3v) is 7.96. The number of carboxylic acid groups (broad SMARTS) is 1. The van der Waals surface area contributed by atoms with Crippen LogP contribution in [0.15, 0.2) is 52.6 Å². The second-order valence-electron chi connectivity index (χ2n) is 9.76. The van der Waals surface area contributed by atoms with E-state index >= 15 is 0 Å². The average molecular weight is 510 g/mol. The number of allylic oxidation sites excluding steroid dienone is 6. The number of phenolic OH excluding ortho intramolecular Hbond substituents is 1. The second kappa shape index (κ2) is 8.85. The van der Waals surface area contributed by atoms with Gasteiger partial charge in [-0.15, -0.1) is 0 Å². The van der Waals surface area contributed by atoms with Crippen LogP contribution in [-0.2, 0) is 24.0 Å². The zero-order chi connectivity index (χ0) is 25.9. The molecule has 2 amide bonds.